The number of nitrogens with one attached hydrogen (secondary N) is 3. The van der Waals surface area contributed by atoms with Crippen LogP contribution in [0, 0.1) is 10.1 Å². The number of hydrogen-bond acceptors (Lipinski definition) is 6. The van der Waals surface area contributed by atoms with Crippen LogP contribution in [0.5, 0.6) is 5.75 Å². The Morgan fingerprint density at radius 1 is 1.14 bits per heavy atom. The van der Waals surface area contributed by atoms with Crippen LogP contribution in [0.15, 0.2) is 54.6 Å². The van der Waals surface area contributed by atoms with E-state index in [2.05, 4.69) is 16.2 Å². The highest BCUT2D eigenvalue weighted by atomic mass is 32.1. The van der Waals surface area contributed by atoms with Gasteiger partial charge in [-0.15, -0.1) is 0 Å². The maximum atomic E-state index is 12.0. The summed E-state index contributed by atoms with van der Waals surface area (Å²) in [5.74, 6) is -0.446. The molecule has 10 heteroatoms. The Bertz CT molecular complexity index is 928. The largest absolute Gasteiger partial charge is 0.497 e. The molecule has 2 rings (SSSR count). The van der Waals surface area contributed by atoms with Crippen molar-refractivity contribution in [1.29, 1.82) is 0 Å². The number of thiocarbonyl (C=S) groups is 1. The van der Waals surface area contributed by atoms with Crippen molar-refractivity contribution in [3.05, 3.63) is 75.8 Å². The van der Waals surface area contributed by atoms with E-state index in [4.69, 9.17) is 17.0 Å². The average molecular weight is 400 g/mol. The van der Waals surface area contributed by atoms with Gasteiger partial charge in [-0.1, -0.05) is 18.2 Å². The summed E-state index contributed by atoms with van der Waals surface area (Å²) in [5, 5.41) is 13.0. The second-order valence-electron chi connectivity index (χ2n) is 5.31. The first-order valence-electron chi connectivity index (χ1n) is 7.87. The molecule has 0 bridgehead atoms. The zero-order valence-corrected chi connectivity index (χ0v) is 15.5. The van der Waals surface area contributed by atoms with Crippen molar-refractivity contribution in [2.45, 2.75) is 0 Å². The molecule has 0 unspecified atom stereocenters. The summed E-state index contributed by atoms with van der Waals surface area (Å²) in [6.45, 7) is 0. The van der Waals surface area contributed by atoms with Crippen molar-refractivity contribution < 1.29 is 19.2 Å². The second-order valence-corrected chi connectivity index (χ2v) is 5.72. The van der Waals surface area contributed by atoms with Crippen LogP contribution in [0.3, 0.4) is 0 Å². The van der Waals surface area contributed by atoms with Crippen LogP contribution in [-0.2, 0) is 4.79 Å². The lowest BCUT2D eigenvalue weighted by Crippen LogP contribution is -2.48. The number of hydrazine groups is 1. The standard InChI is InChI=1S/C18H16N4O5S/c1-27-15-8-5-12(6-9-15)7-10-16(23)19-18(28)21-20-17(24)13-3-2-4-14(11-13)22(25)26/h2-11H,1H3,(H,20,24)(H2,19,21,23,28)/b10-7+. The molecule has 0 spiro atoms. The number of nitro benzene ring substituents is 1. The number of carbonyl (C=O) groups excluding carboxylic acids is 2. The molecule has 0 atom stereocenters. The smallest absolute Gasteiger partial charge is 0.270 e. The molecular weight excluding hydrogens is 384 g/mol. The van der Waals surface area contributed by atoms with Gasteiger partial charge in [-0.2, -0.15) is 0 Å². The summed E-state index contributed by atoms with van der Waals surface area (Å²) in [6, 6.07) is 12.2. The number of methoxy groups -OCH3 is 1. The zero-order valence-electron chi connectivity index (χ0n) is 14.7. The van der Waals surface area contributed by atoms with Crippen LogP contribution in [0.4, 0.5) is 5.69 Å². The monoisotopic (exact) mass is 400 g/mol. The number of nitro groups is 1. The zero-order chi connectivity index (χ0) is 20.5. The molecule has 0 aliphatic rings. The quantitative estimate of drug-likeness (QED) is 0.303. The van der Waals surface area contributed by atoms with Gasteiger partial charge in [0.1, 0.15) is 5.75 Å². The van der Waals surface area contributed by atoms with E-state index in [9.17, 15) is 19.7 Å². The fraction of sp³-hybridized carbons (Fsp3) is 0.0556. The van der Waals surface area contributed by atoms with E-state index in [0.717, 1.165) is 11.6 Å². The third-order valence-corrected chi connectivity index (χ3v) is 3.59. The number of non-ortho nitro benzene ring substituents is 1. The van der Waals surface area contributed by atoms with Gasteiger partial charge in [0.25, 0.3) is 11.6 Å². The van der Waals surface area contributed by atoms with Gasteiger partial charge in [-0.3, -0.25) is 35.9 Å². The van der Waals surface area contributed by atoms with E-state index >= 15 is 0 Å². The normalized spacial score (nSPS) is 10.2. The topological polar surface area (TPSA) is 123 Å². The van der Waals surface area contributed by atoms with E-state index < -0.39 is 16.7 Å². The first-order valence-corrected chi connectivity index (χ1v) is 8.28. The van der Waals surface area contributed by atoms with Crippen molar-refractivity contribution in [3.63, 3.8) is 0 Å². The van der Waals surface area contributed by atoms with E-state index in [1.54, 1.807) is 37.5 Å². The number of carbonyl (C=O) groups is 2. The molecule has 0 fully saturated rings. The first kappa shape index (κ1) is 20.5. The Morgan fingerprint density at radius 3 is 2.50 bits per heavy atom. The van der Waals surface area contributed by atoms with Crippen molar-refractivity contribution in [2.24, 2.45) is 0 Å². The van der Waals surface area contributed by atoms with Gasteiger partial charge in [-0.25, -0.2) is 0 Å². The Balaban J connectivity index is 1.83. The molecule has 0 saturated heterocycles. The third-order valence-electron chi connectivity index (χ3n) is 3.39. The van der Waals surface area contributed by atoms with Gasteiger partial charge in [0.15, 0.2) is 5.11 Å². The third kappa shape index (κ3) is 6.18. The highest BCUT2D eigenvalue weighted by Gasteiger charge is 2.11. The maximum Gasteiger partial charge on any atom is 0.270 e. The highest BCUT2D eigenvalue weighted by molar-refractivity contribution is 7.80. The molecule has 0 saturated carbocycles. The summed E-state index contributed by atoms with van der Waals surface area (Å²) in [4.78, 5) is 34.0. The Kier molecular flexibility index (Phi) is 7.17. The summed E-state index contributed by atoms with van der Waals surface area (Å²) >= 11 is 4.91. The van der Waals surface area contributed by atoms with Crippen molar-refractivity contribution in [1.82, 2.24) is 16.2 Å². The molecule has 9 nitrogen and oxygen atoms in total. The van der Waals surface area contributed by atoms with Gasteiger partial charge in [-0.05, 0) is 42.1 Å². The SMILES string of the molecule is COc1ccc(/C=C/C(=O)NC(=S)NNC(=O)c2cccc([N+](=O)[O-])c2)cc1. The van der Waals surface area contributed by atoms with E-state index in [1.165, 1.54) is 24.3 Å². The van der Waals surface area contributed by atoms with Crippen molar-refractivity contribution >= 4 is 40.9 Å². The van der Waals surface area contributed by atoms with Crippen LogP contribution in [0.25, 0.3) is 6.08 Å². The van der Waals surface area contributed by atoms with Gasteiger partial charge >= 0.3 is 0 Å². The fourth-order valence-corrected chi connectivity index (χ4v) is 2.17. The van der Waals surface area contributed by atoms with Gasteiger partial charge in [0.2, 0.25) is 5.91 Å². The molecule has 28 heavy (non-hydrogen) atoms. The van der Waals surface area contributed by atoms with Crippen LogP contribution in [0.1, 0.15) is 15.9 Å². The Morgan fingerprint density at radius 2 is 1.86 bits per heavy atom. The molecule has 2 aromatic carbocycles. The minimum atomic E-state index is -0.644. The fourth-order valence-electron chi connectivity index (χ4n) is 2.02. The molecule has 0 aromatic heterocycles. The Hall–Kier alpha value is -3.79. The average Bonchev–Trinajstić information content (AvgIpc) is 2.71. The van der Waals surface area contributed by atoms with Crippen LogP contribution in [-0.4, -0.2) is 29.0 Å². The number of amides is 2. The number of hydrogen-bond donors (Lipinski definition) is 3. The number of nitrogens with zero attached hydrogens (tertiary/aromatic N) is 1. The van der Waals surface area contributed by atoms with Crippen molar-refractivity contribution in [3.8, 4) is 5.75 Å². The van der Waals surface area contributed by atoms with Crippen molar-refractivity contribution in [2.75, 3.05) is 7.11 Å². The predicted molar refractivity (Wildman–Crippen MR) is 106 cm³/mol. The van der Waals surface area contributed by atoms with E-state index in [1.807, 2.05) is 0 Å². The second kappa shape index (κ2) is 9.78. The number of ether oxygens (including phenoxy) is 1. The lowest BCUT2D eigenvalue weighted by molar-refractivity contribution is -0.384. The molecular formula is C18H16N4O5S. The maximum absolute atomic E-state index is 12.0. The van der Waals surface area contributed by atoms with Crippen LogP contribution < -0.4 is 20.9 Å². The predicted octanol–water partition coefficient (Wildman–Crippen LogP) is 1.95. The summed E-state index contributed by atoms with van der Waals surface area (Å²) in [5.41, 5.74) is 5.24. The minimum absolute atomic E-state index is 0.0650. The molecule has 0 radical (unpaired) electrons. The number of rotatable bonds is 5. The summed E-state index contributed by atoms with van der Waals surface area (Å²) in [7, 11) is 1.56. The van der Waals surface area contributed by atoms with Crippen LogP contribution in [0.2, 0.25) is 0 Å². The van der Waals surface area contributed by atoms with Crippen LogP contribution >= 0.6 is 12.2 Å². The lowest BCUT2D eigenvalue weighted by Gasteiger charge is -2.09. The van der Waals surface area contributed by atoms with Gasteiger partial charge in [0.05, 0.1) is 12.0 Å². The van der Waals surface area contributed by atoms with E-state index in [0.29, 0.717) is 5.75 Å². The van der Waals surface area contributed by atoms with E-state index in [-0.39, 0.29) is 16.4 Å². The molecule has 144 valence electrons. The first-order chi connectivity index (χ1) is 13.4. The molecule has 2 amide bonds. The highest BCUT2D eigenvalue weighted by Crippen LogP contribution is 2.13. The molecule has 2 aromatic rings. The molecule has 0 heterocycles. The molecule has 0 aliphatic carbocycles. The molecule has 0 aliphatic heterocycles. The Labute approximate surface area is 165 Å². The summed E-state index contributed by atoms with van der Waals surface area (Å²) < 4.78 is 5.05. The number of benzene rings is 2. The van der Waals surface area contributed by atoms with Gasteiger partial charge < -0.3 is 4.74 Å². The van der Waals surface area contributed by atoms with Gasteiger partial charge in [0, 0.05) is 23.8 Å². The summed E-state index contributed by atoms with van der Waals surface area (Å²) in [6.07, 6.45) is 2.86. The molecule has 3 N–H and O–H groups in total. The minimum Gasteiger partial charge on any atom is -0.497 e. The lowest BCUT2D eigenvalue weighted by atomic mass is 10.2.